The van der Waals surface area contributed by atoms with Crippen LogP contribution in [0.2, 0.25) is 0 Å². The normalized spacial score (nSPS) is 22.2. The molecule has 3 heterocycles. The van der Waals surface area contributed by atoms with Gasteiger partial charge in [-0.1, -0.05) is 41.5 Å². The van der Waals surface area contributed by atoms with E-state index in [2.05, 4.69) is 20.3 Å². The van der Waals surface area contributed by atoms with E-state index in [9.17, 15) is 24.3 Å². The molecule has 0 unspecified atom stereocenters. The summed E-state index contributed by atoms with van der Waals surface area (Å²) in [6.45, 7) is 9.41. The van der Waals surface area contributed by atoms with Crippen LogP contribution in [0.1, 0.15) is 47.8 Å². The lowest BCUT2D eigenvalue weighted by Crippen LogP contribution is -2.42. The molecular weight excluding hydrogens is 462 g/mol. The summed E-state index contributed by atoms with van der Waals surface area (Å²) in [6, 6.07) is 0. The Labute approximate surface area is 201 Å². The molecule has 0 bridgehead atoms. The van der Waals surface area contributed by atoms with Gasteiger partial charge in [-0.2, -0.15) is 4.98 Å². The Morgan fingerprint density at radius 2 is 1.69 bits per heavy atom. The van der Waals surface area contributed by atoms with Crippen LogP contribution in [-0.2, 0) is 28.6 Å². The van der Waals surface area contributed by atoms with Gasteiger partial charge in [-0.25, -0.2) is 4.98 Å². The molecule has 0 aliphatic carbocycles. The Bertz CT molecular complexity index is 1150. The summed E-state index contributed by atoms with van der Waals surface area (Å²) in [4.78, 5) is 60.5. The number of nitrogens with zero attached hydrogens (tertiary/aromatic N) is 3. The van der Waals surface area contributed by atoms with Crippen molar-refractivity contribution >= 4 is 35.0 Å². The molecule has 2 aromatic rings. The lowest BCUT2D eigenvalue weighted by atomic mass is 10.1. The SMILES string of the molecule is CC(C)C(=O)Nc1nc2ncn([C@@H]3O[C@H](CO)[C@@H](OC(=O)C(C)C)[C@H]3OC(=O)C(C)C)c2c(=O)[nH]1. The fraction of sp³-hybridized carbons (Fsp3) is 0.636. The Morgan fingerprint density at radius 1 is 1.09 bits per heavy atom. The molecule has 35 heavy (non-hydrogen) atoms. The van der Waals surface area contributed by atoms with Crippen LogP contribution >= 0.6 is 0 Å². The van der Waals surface area contributed by atoms with Crippen molar-refractivity contribution in [3.05, 3.63) is 16.7 Å². The quantitative estimate of drug-likeness (QED) is 0.445. The van der Waals surface area contributed by atoms with E-state index in [1.165, 1.54) is 10.9 Å². The van der Waals surface area contributed by atoms with Crippen LogP contribution in [0.4, 0.5) is 5.95 Å². The highest BCUT2D eigenvalue weighted by molar-refractivity contribution is 5.91. The first-order valence-corrected chi connectivity index (χ1v) is 11.4. The second-order valence-corrected chi connectivity index (χ2v) is 9.24. The van der Waals surface area contributed by atoms with Crippen molar-refractivity contribution in [3.8, 4) is 0 Å². The molecule has 0 aromatic carbocycles. The minimum atomic E-state index is -1.18. The molecule has 13 heteroatoms. The van der Waals surface area contributed by atoms with E-state index in [-0.39, 0.29) is 28.9 Å². The van der Waals surface area contributed by atoms with Crippen molar-refractivity contribution in [1.82, 2.24) is 19.5 Å². The highest BCUT2D eigenvalue weighted by Gasteiger charge is 2.51. The highest BCUT2D eigenvalue weighted by Crippen LogP contribution is 2.36. The number of carbonyl (C=O) groups excluding carboxylic acids is 3. The molecule has 0 radical (unpaired) electrons. The van der Waals surface area contributed by atoms with E-state index in [1.807, 2.05) is 0 Å². The smallest absolute Gasteiger partial charge is 0.308 e. The molecule has 2 aromatic heterocycles. The Hall–Kier alpha value is -3.32. The predicted octanol–water partition coefficient (Wildman–Crippen LogP) is 0.739. The molecule has 3 rings (SSSR count). The van der Waals surface area contributed by atoms with Crippen molar-refractivity contribution < 1.29 is 33.7 Å². The number of amides is 1. The summed E-state index contributed by atoms with van der Waals surface area (Å²) in [6.07, 6.45) is -3.22. The molecular formula is C22H31N5O8. The minimum Gasteiger partial charge on any atom is -0.455 e. The van der Waals surface area contributed by atoms with Gasteiger partial charge in [0.1, 0.15) is 12.4 Å². The molecule has 1 saturated heterocycles. The van der Waals surface area contributed by atoms with Gasteiger partial charge in [-0.3, -0.25) is 34.0 Å². The summed E-state index contributed by atoms with van der Waals surface area (Å²) < 4.78 is 18.4. The van der Waals surface area contributed by atoms with Crippen molar-refractivity contribution in [2.24, 2.45) is 17.8 Å². The number of ether oxygens (including phenoxy) is 3. The first-order valence-electron chi connectivity index (χ1n) is 11.4. The average molecular weight is 494 g/mol. The van der Waals surface area contributed by atoms with E-state index >= 15 is 0 Å². The zero-order valence-corrected chi connectivity index (χ0v) is 20.5. The number of aliphatic hydroxyl groups excluding tert-OH is 1. The zero-order valence-electron chi connectivity index (χ0n) is 20.5. The van der Waals surface area contributed by atoms with Gasteiger partial charge in [0.05, 0.1) is 18.4 Å². The van der Waals surface area contributed by atoms with E-state index < -0.39 is 60.5 Å². The fourth-order valence-corrected chi connectivity index (χ4v) is 3.35. The summed E-state index contributed by atoms with van der Waals surface area (Å²) in [5.41, 5.74) is -0.642. The molecule has 0 spiro atoms. The van der Waals surface area contributed by atoms with Gasteiger partial charge in [0, 0.05) is 5.92 Å². The van der Waals surface area contributed by atoms with Gasteiger partial charge in [0.25, 0.3) is 5.56 Å². The topological polar surface area (TPSA) is 175 Å². The summed E-state index contributed by atoms with van der Waals surface area (Å²) >= 11 is 0. The zero-order chi connectivity index (χ0) is 26.0. The van der Waals surface area contributed by atoms with E-state index in [0.717, 1.165) is 0 Å². The third-order valence-corrected chi connectivity index (χ3v) is 5.39. The number of esters is 2. The first kappa shape index (κ1) is 26.3. The molecule has 1 aliphatic rings. The highest BCUT2D eigenvalue weighted by atomic mass is 16.6. The van der Waals surface area contributed by atoms with E-state index in [1.54, 1.807) is 41.5 Å². The van der Waals surface area contributed by atoms with Crippen LogP contribution in [0.5, 0.6) is 0 Å². The number of nitrogens with one attached hydrogen (secondary N) is 2. The molecule has 1 aliphatic heterocycles. The monoisotopic (exact) mass is 493 g/mol. The lowest BCUT2D eigenvalue weighted by molar-refractivity contribution is -0.172. The number of aromatic nitrogens is 4. The lowest BCUT2D eigenvalue weighted by Gasteiger charge is -2.25. The van der Waals surface area contributed by atoms with Crippen LogP contribution in [0, 0.1) is 17.8 Å². The van der Waals surface area contributed by atoms with Crippen LogP contribution in [0.3, 0.4) is 0 Å². The van der Waals surface area contributed by atoms with Gasteiger partial charge in [0.2, 0.25) is 11.9 Å². The number of hydrogen-bond donors (Lipinski definition) is 3. The number of fused-ring (bicyclic) bond motifs is 1. The largest absolute Gasteiger partial charge is 0.455 e. The predicted molar refractivity (Wildman–Crippen MR) is 122 cm³/mol. The molecule has 4 atom stereocenters. The second-order valence-electron chi connectivity index (χ2n) is 9.24. The number of imidazole rings is 1. The fourth-order valence-electron chi connectivity index (χ4n) is 3.35. The van der Waals surface area contributed by atoms with Crippen molar-refractivity contribution in [3.63, 3.8) is 0 Å². The van der Waals surface area contributed by atoms with E-state index in [0.29, 0.717) is 0 Å². The second kappa shape index (κ2) is 10.5. The van der Waals surface area contributed by atoms with Crippen LogP contribution < -0.4 is 10.9 Å². The maximum absolute atomic E-state index is 12.9. The summed E-state index contributed by atoms with van der Waals surface area (Å²) in [7, 11) is 0. The number of rotatable bonds is 8. The Balaban J connectivity index is 2.03. The van der Waals surface area contributed by atoms with Gasteiger partial charge in [-0.05, 0) is 0 Å². The third kappa shape index (κ3) is 5.51. The number of aliphatic hydroxyl groups is 1. The van der Waals surface area contributed by atoms with Crippen molar-refractivity contribution in [1.29, 1.82) is 0 Å². The van der Waals surface area contributed by atoms with Crippen LogP contribution in [0.15, 0.2) is 11.1 Å². The Kier molecular flexibility index (Phi) is 7.90. The molecule has 1 amide bonds. The maximum Gasteiger partial charge on any atom is 0.308 e. The molecule has 3 N–H and O–H groups in total. The molecule has 192 valence electrons. The number of anilines is 1. The standard InChI is InChI=1S/C22H31N5O8/c1-9(2)17(29)25-22-24-16-13(18(30)26-22)27(8-23-16)19-15(35-21(32)11(5)6)14(12(7-28)33-19)34-20(31)10(3)4/h8-12,14-15,19,28H,7H2,1-6H3,(H2,24,25,26,29,30)/t12-,14-,15-,19-/m1/s1. The van der Waals surface area contributed by atoms with Crippen LogP contribution in [-0.4, -0.2) is 67.4 Å². The van der Waals surface area contributed by atoms with Gasteiger partial charge >= 0.3 is 11.9 Å². The van der Waals surface area contributed by atoms with Gasteiger partial charge < -0.3 is 19.3 Å². The summed E-state index contributed by atoms with van der Waals surface area (Å²) in [5.74, 6) is -2.87. The Morgan fingerprint density at radius 3 is 2.23 bits per heavy atom. The average Bonchev–Trinajstić information content (AvgIpc) is 3.35. The molecule has 0 saturated carbocycles. The van der Waals surface area contributed by atoms with Crippen LogP contribution in [0.25, 0.3) is 11.2 Å². The first-order chi connectivity index (χ1) is 16.4. The number of aromatic amines is 1. The maximum atomic E-state index is 12.9. The van der Waals surface area contributed by atoms with E-state index in [4.69, 9.17) is 14.2 Å². The van der Waals surface area contributed by atoms with Crippen molar-refractivity contribution in [2.45, 2.75) is 66.1 Å². The summed E-state index contributed by atoms with van der Waals surface area (Å²) in [5, 5.41) is 12.4. The van der Waals surface area contributed by atoms with Gasteiger partial charge in [-0.15, -0.1) is 0 Å². The number of hydrogen-bond acceptors (Lipinski definition) is 10. The molecule has 13 nitrogen and oxygen atoms in total. The minimum absolute atomic E-state index is 0.00789. The third-order valence-electron chi connectivity index (χ3n) is 5.39. The van der Waals surface area contributed by atoms with Gasteiger partial charge in [0.15, 0.2) is 29.6 Å². The molecule has 1 fully saturated rings. The number of H-pyrrole nitrogens is 1. The number of carbonyl (C=O) groups is 3. The van der Waals surface area contributed by atoms with Crippen molar-refractivity contribution in [2.75, 3.05) is 11.9 Å².